The van der Waals surface area contributed by atoms with Crippen molar-refractivity contribution in [3.05, 3.63) is 24.3 Å². The first kappa shape index (κ1) is 17.5. The molecule has 1 aromatic heterocycles. The summed E-state index contributed by atoms with van der Waals surface area (Å²) in [7, 11) is 0. The summed E-state index contributed by atoms with van der Waals surface area (Å²) in [6.45, 7) is 6.67. The molecule has 1 aliphatic rings. The van der Waals surface area contributed by atoms with Gasteiger partial charge in [-0.1, -0.05) is 30.4 Å². The molecule has 1 fully saturated rings. The molecule has 0 saturated carbocycles. The molecule has 25 heavy (non-hydrogen) atoms. The van der Waals surface area contributed by atoms with Crippen molar-refractivity contribution in [3.8, 4) is 5.75 Å². The number of nitrogens with one attached hydrogen (secondary N) is 2. The van der Waals surface area contributed by atoms with Crippen molar-refractivity contribution in [3.63, 3.8) is 0 Å². The number of piperidine rings is 1. The predicted molar refractivity (Wildman–Crippen MR) is 101 cm³/mol. The lowest BCUT2D eigenvalue weighted by Gasteiger charge is -2.29. The molecule has 134 valence electrons. The first-order valence-corrected chi connectivity index (χ1v) is 9.35. The Bertz CT molecular complexity index is 721. The van der Waals surface area contributed by atoms with Gasteiger partial charge in [0.25, 0.3) is 0 Å². The summed E-state index contributed by atoms with van der Waals surface area (Å²) in [6.07, 6.45) is 2.42. The number of ether oxygens (including phenoxy) is 1. The lowest BCUT2D eigenvalue weighted by atomic mass is 10.0. The third-order valence-electron chi connectivity index (χ3n) is 4.00. The van der Waals surface area contributed by atoms with Crippen molar-refractivity contribution in [2.75, 3.05) is 35.2 Å². The maximum absolute atomic E-state index is 12.2. The first-order valence-electron chi connectivity index (χ1n) is 8.54. The van der Waals surface area contributed by atoms with Gasteiger partial charge in [-0.05, 0) is 37.8 Å². The van der Waals surface area contributed by atoms with Crippen LogP contribution in [0.25, 0.3) is 0 Å². The van der Waals surface area contributed by atoms with Crippen molar-refractivity contribution in [1.82, 2.24) is 10.2 Å². The lowest BCUT2D eigenvalue weighted by molar-refractivity contribution is 0.262. The number of nitrogens with zero attached hydrogens (tertiary/aromatic N) is 3. The number of hydrogen-bond acceptors (Lipinski definition) is 6. The fraction of sp³-hybridized carbons (Fsp3) is 0.471. The van der Waals surface area contributed by atoms with Crippen molar-refractivity contribution >= 4 is 33.3 Å². The second-order valence-electron chi connectivity index (χ2n) is 6.09. The van der Waals surface area contributed by atoms with E-state index in [1.165, 1.54) is 17.8 Å². The largest absolute Gasteiger partial charge is 0.492 e. The van der Waals surface area contributed by atoms with Gasteiger partial charge in [0.05, 0.1) is 12.3 Å². The molecular formula is C17H23N5O2S. The van der Waals surface area contributed by atoms with Crippen LogP contribution < -0.4 is 20.3 Å². The highest BCUT2D eigenvalue weighted by Gasteiger charge is 2.20. The first-order chi connectivity index (χ1) is 12.2. The van der Waals surface area contributed by atoms with Crippen LogP contribution in [0.15, 0.2) is 24.3 Å². The normalized spacial score (nSPS) is 17.2. The van der Waals surface area contributed by atoms with E-state index in [4.69, 9.17) is 4.74 Å². The molecule has 0 aliphatic carbocycles. The number of carbonyl (C=O) groups is 1. The summed E-state index contributed by atoms with van der Waals surface area (Å²) in [4.78, 5) is 14.5. The van der Waals surface area contributed by atoms with E-state index in [1.54, 1.807) is 6.07 Å². The number of para-hydroxylation sites is 2. The Labute approximate surface area is 151 Å². The van der Waals surface area contributed by atoms with Gasteiger partial charge in [-0.15, -0.1) is 10.2 Å². The monoisotopic (exact) mass is 361 g/mol. The highest BCUT2D eigenvalue weighted by molar-refractivity contribution is 7.19. The molecule has 0 bridgehead atoms. The maximum Gasteiger partial charge on any atom is 0.325 e. The minimum atomic E-state index is -0.359. The summed E-state index contributed by atoms with van der Waals surface area (Å²) in [5.74, 6) is 1.30. The van der Waals surface area contributed by atoms with E-state index in [0.717, 1.165) is 24.6 Å². The van der Waals surface area contributed by atoms with E-state index in [0.29, 0.717) is 29.1 Å². The Morgan fingerprint density at radius 1 is 1.36 bits per heavy atom. The third kappa shape index (κ3) is 4.60. The Morgan fingerprint density at radius 2 is 2.20 bits per heavy atom. The number of anilines is 3. The van der Waals surface area contributed by atoms with E-state index >= 15 is 0 Å². The van der Waals surface area contributed by atoms with Gasteiger partial charge in [-0.2, -0.15) is 0 Å². The highest BCUT2D eigenvalue weighted by Crippen LogP contribution is 2.29. The molecule has 1 aliphatic heterocycles. The molecule has 1 aromatic carbocycles. The van der Waals surface area contributed by atoms with Crippen LogP contribution in [-0.4, -0.2) is 35.9 Å². The van der Waals surface area contributed by atoms with Crippen LogP contribution in [0.2, 0.25) is 0 Å². The fourth-order valence-corrected chi connectivity index (χ4v) is 3.63. The van der Waals surface area contributed by atoms with Gasteiger partial charge in [-0.3, -0.25) is 5.32 Å². The molecule has 0 spiro atoms. The second-order valence-corrected chi connectivity index (χ2v) is 7.05. The smallest absolute Gasteiger partial charge is 0.325 e. The van der Waals surface area contributed by atoms with Crippen LogP contribution in [0.4, 0.5) is 20.7 Å². The zero-order valence-electron chi connectivity index (χ0n) is 14.5. The molecule has 2 heterocycles. The number of benzene rings is 1. The molecular weight excluding hydrogens is 338 g/mol. The lowest BCUT2D eigenvalue weighted by Crippen LogP contribution is -2.34. The molecule has 3 rings (SSSR count). The van der Waals surface area contributed by atoms with Gasteiger partial charge in [-0.25, -0.2) is 4.79 Å². The Morgan fingerprint density at radius 3 is 3.00 bits per heavy atom. The number of amides is 2. The summed E-state index contributed by atoms with van der Waals surface area (Å²) < 4.78 is 5.51. The predicted octanol–water partition coefficient (Wildman–Crippen LogP) is 3.82. The number of hydrogen-bond donors (Lipinski definition) is 2. The summed E-state index contributed by atoms with van der Waals surface area (Å²) in [5, 5.41) is 15.2. The van der Waals surface area contributed by atoms with E-state index in [2.05, 4.69) is 32.7 Å². The van der Waals surface area contributed by atoms with Crippen LogP contribution >= 0.6 is 11.3 Å². The van der Waals surface area contributed by atoms with E-state index in [1.807, 2.05) is 25.1 Å². The highest BCUT2D eigenvalue weighted by atomic mass is 32.1. The summed E-state index contributed by atoms with van der Waals surface area (Å²) in [6, 6.07) is 6.97. The molecule has 7 nitrogen and oxygen atoms in total. The van der Waals surface area contributed by atoms with Gasteiger partial charge in [0.2, 0.25) is 10.3 Å². The van der Waals surface area contributed by atoms with E-state index in [9.17, 15) is 4.79 Å². The van der Waals surface area contributed by atoms with Gasteiger partial charge in [0.1, 0.15) is 5.75 Å². The van der Waals surface area contributed by atoms with Crippen molar-refractivity contribution in [2.24, 2.45) is 5.92 Å². The Balaban J connectivity index is 1.60. The quantitative estimate of drug-likeness (QED) is 0.846. The molecule has 1 saturated heterocycles. The van der Waals surface area contributed by atoms with Crippen LogP contribution in [0.5, 0.6) is 5.75 Å². The molecule has 2 amide bonds. The van der Waals surface area contributed by atoms with E-state index in [-0.39, 0.29) is 6.03 Å². The second kappa shape index (κ2) is 8.15. The average molecular weight is 361 g/mol. The Kier molecular flexibility index (Phi) is 5.70. The number of rotatable bonds is 5. The SMILES string of the molecule is CCOc1ccccc1NC(=O)Nc1nnc(N2CCCC(C)C2)s1. The topological polar surface area (TPSA) is 79.4 Å². The average Bonchev–Trinajstić information content (AvgIpc) is 3.05. The summed E-state index contributed by atoms with van der Waals surface area (Å²) in [5.41, 5.74) is 0.622. The Hall–Kier alpha value is -2.35. The number of urea groups is 1. The molecule has 1 atom stereocenters. The minimum Gasteiger partial charge on any atom is -0.492 e. The number of aromatic nitrogens is 2. The maximum atomic E-state index is 12.2. The van der Waals surface area contributed by atoms with Gasteiger partial charge in [0.15, 0.2) is 0 Å². The van der Waals surface area contributed by atoms with Crippen LogP contribution in [0.1, 0.15) is 26.7 Å². The summed E-state index contributed by atoms with van der Waals surface area (Å²) >= 11 is 1.40. The van der Waals surface area contributed by atoms with Gasteiger partial charge < -0.3 is 15.0 Å². The molecule has 2 aromatic rings. The molecule has 1 unspecified atom stereocenters. The van der Waals surface area contributed by atoms with Crippen molar-refractivity contribution in [2.45, 2.75) is 26.7 Å². The standard InChI is InChI=1S/C17H23N5O2S/c1-3-24-14-9-5-4-8-13(14)18-15(23)19-16-20-21-17(25-16)22-10-6-7-12(2)11-22/h4-5,8-9,12H,3,6-7,10-11H2,1-2H3,(H2,18,19,20,23). The van der Waals surface area contributed by atoms with Crippen molar-refractivity contribution < 1.29 is 9.53 Å². The van der Waals surface area contributed by atoms with Crippen LogP contribution in [0, 0.1) is 5.92 Å². The van der Waals surface area contributed by atoms with Gasteiger partial charge >= 0.3 is 6.03 Å². The van der Waals surface area contributed by atoms with Crippen molar-refractivity contribution in [1.29, 1.82) is 0 Å². The van der Waals surface area contributed by atoms with Crippen LogP contribution in [-0.2, 0) is 0 Å². The van der Waals surface area contributed by atoms with Gasteiger partial charge in [0, 0.05) is 13.1 Å². The molecule has 0 radical (unpaired) electrons. The minimum absolute atomic E-state index is 0.359. The number of carbonyl (C=O) groups excluding carboxylic acids is 1. The molecule has 8 heteroatoms. The third-order valence-corrected chi connectivity index (χ3v) is 4.90. The van der Waals surface area contributed by atoms with E-state index < -0.39 is 0 Å². The zero-order chi connectivity index (χ0) is 17.6. The molecule has 2 N–H and O–H groups in total. The zero-order valence-corrected chi connectivity index (χ0v) is 15.3. The fourth-order valence-electron chi connectivity index (χ4n) is 2.86. The van der Waals surface area contributed by atoms with Crippen LogP contribution in [0.3, 0.4) is 0 Å².